The van der Waals surface area contributed by atoms with Crippen LogP contribution >= 0.6 is 0 Å². The van der Waals surface area contributed by atoms with E-state index in [1.54, 1.807) is 20.6 Å². The molecule has 2 N–H and O–H groups in total. The number of piperazine rings is 1. The number of likely N-dealkylation sites (tertiary alicyclic amines) is 2. The van der Waals surface area contributed by atoms with Gasteiger partial charge in [-0.3, -0.25) is 53.5 Å². The monoisotopic (exact) mass is 995 g/mol. The van der Waals surface area contributed by atoms with Gasteiger partial charge in [-0.05, 0) is 131 Å². The molecule has 6 aliphatic heterocycles. The molecule has 7 aliphatic rings. The number of carbonyl (C=O) groups is 4. The van der Waals surface area contributed by atoms with E-state index in [-0.39, 0.29) is 46.7 Å². The van der Waals surface area contributed by atoms with Crippen LogP contribution in [-0.4, -0.2) is 128 Å². The van der Waals surface area contributed by atoms with Crippen LogP contribution in [0.4, 0.5) is 20.2 Å². The molecule has 17 heteroatoms. The standard InChI is InChI=1S/C56H64F2N10O5/c1-34-30-64(31-36-4-5-47-42(26-36)56(15-3-16-56)55(73)68(47)48-6-7-49(69)61-52(48)70)24-25-66(34)32-35-10-21-65(22-11-35)53(71)38-27-43(57)50(44(58)28-38)37-12-19-63(20-13-37)33-39-29-41-46(9-18-60-51(41)62(39)2)67-23-14-45-40(54(67)72)8-17-59-45/h4-5,9,14,18,23,26-29,34-35,37,48,59H,3,6-8,10-13,15-17,19-22,24-25,30-33H2,1-2H3,(H,61,69,70)/t34-,48?/m0/s1. The Kier molecular flexibility index (Phi) is 12.3. The van der Waals surface area contributed by atoms with Crippen molar-refractivity contribution < 1.29 is 28.0 Å². The SMILES string of the molecule is C[C@H]1CN(Cc2ccc3c(c2)C2(CCC2)C(=O)N3C2CCC(=O)NC2=O)CCN1CC1CCN(C(=O)c2cc(F)c(C3CCN(Cc4cc5c(-n6ccc7c(c6=O)CCN7)ccnc5n4C)CC3)c(F)c2)CC1. The number of anilines is 2. The van der Waals surface area contributed by atoms with Gasteiger partial charge in [0.2, 0.25) is 17.7 Å². The molecule has 2 aromatic carbocycles. The lowest BCUT2D eigenvalue weighted by Gasteiger charge is -2.43. The topological polar surface area (TPSA) is 148 Å². The molecule has 1 saturated carbocycles. The van der Waals surface area contributed by atoms with E-state index >= 15 is 8.78 Å². The third-order valence-corrected chi connectivity index (χ3v) is 17.7. The Morgan fingerprint density at radius 3 is 2.34 bits per heavy atom. The number of amides is 4. The fourth-order valence-corrected chi connectivity index (χ4v) is 13.4. The fraction of sp³-hybridized carbons (Fsp3) is 0.500. The molecule has 9 heterocycles. The average Bonchev–Trinajstić information content (AvgIpc) is 4.05. The van der Waals surface area contributed by atoms with Crippen LogP contribution in [0.25, 0.3) is 16.7 Å². The van der Waals surface area contributed by atoms with Crippen molar-refractivity contribution in [1.82, 2.24) is 39.0 Å². The van der Waals surface area contributed by atoms with Crippen molar-refractivity contribution in [3.05, 3.63) is 116 Å². The van der Waals surface area contributed by atoms with E-state index in [1.165, 1.54) is 12.1 Å². The number of aryl methyl sites for hydroxylation is 1. The first kappa shape index (κ1) is 47.7. The third-order valence-electron chi connectivity index (χ3n) is 17.7. The van der Waals surface area contributed by atoms with E-state index in [4.69, 9.17) is 0 Å². The number of nitrogens with one attached hydrogen (secondary N) is 2. The lowest BCUT2D eigenvalue weighted by molar-refractivity contribution is -0.136. The number of nitrogens with zero attached hydrogens (tertiary/aromatic N) is 8. The zero-order chi connectivity index (χ0) is 50.3. The third kappa shape index (κ3) is 8.44. The molecule has 382 valence electrons. The van der Waals surface area contributed by atoms with Crippen LogP contribution in [0.2, 0.25) is 0 Å². The lowest BCUT2D eigenvalue weighted by Crippen LogP contribution is -2.56. The van der Waals surface area contributed by atoms with Crippen LogP contribution in [0.15, 0.2) is 65.7 Å². The fourth-order valence-electron chi connectivity index (χ4n) is 13.4. The Morgan fingerprint density at radius 2 is 1.62 bits per heavy atom. The minimum atomic E-state index is -0.662. The summed E-state index contributed by atoms with van der Waals surface area (Å²) in [6.45, 7) is 10.5. The first-order valence-electron chi connectivity index (χ1n) is 26.5. The number of carbonyl (C=O) groups excluding carboxylic acids is 4. The number of pyridine rings is 2. The van der Waals surface area contributed by atoms with Crippen LogP contribution in [0, 0.1) is 17.6 Å². The van der Waals surface area contributed by atoms with Gasteiger partial charge < -0.3 is 14.8 Å². The second-order valence-corrected chi connectivity index (χ2v) is 22.0. The van der Waals surface area contributed by atoms with E-state index in [1.807, 2.05) is 31.4 Å². The minimum Gasteiger partial charge on any atom is -0.384 e. The number of benzene rings is 2. The smallest absolute Gasteiger partial charge is 0.260 e. The molecule has 0 radical (unpaired) electrons. The van der Waals surface area contributed by atoms with Gasteiger partial charge in [-0.25, -0.2) is 13.8 Å². The highest BCUT2D eigenvalue weighted by atomic mass is 19.1. The van der Waals surface area contributed by atoms with Crippen molar-refractivity contribution in [2.24, 2.45) is 13.0 Å². The van der Waals surface area contributed by atoms with Gasteiger partial charge in [0, 0.05) is 130 Å². The largest absolute Gasteiger partial charge is 0.384 e. The number of imide groups is 1. The van der Waals surface area contributed by atoms with Crippen molar-refractivity contribution >= 4 is 46.0 Å². The van der Waals surface area contributed by atoms with Crippen molar-refractivity contribution in [1.29, 1.82) is 0 Å². The quantitative estimate of drug-likeness (QED) is 0.160. The van der Waals surface area contributed by atoms with Gasteiger partial charge in [-0.15, -0.1) is 0 Å². The zero-order valence-electron chi connectivity index (χ0n) is 41.8. The summed E-state index contributed by atoms with van der Waals surface area (Å²) in [7, 11) is 1.98. The molecule has 4 amide bonds. The first-order valence-corrected chi connectivity index (χ1v) is 26.5. The molecule has 0 bridgehead atoms. The molecule has 15 nitrogen and oxygen atoms in total. The molecular formula is C56H64F2N10O5. The normalized spacial score (nSPS) is 23.0. The van der Waals surface area contributed by atoms with Crippen LogP contribution in [0.1, 0.15) is 109 Å². The Bertz CT molecular complexity index is 3090. The van der Waals surface area contributed by atoms with Crippen LogP contribution in [0.5, 0.6) is 0 Å². The van der Waals surface area contributed by atoms with Crippen LogP contribution in [-0.2, 0) is 46.4 Å². The molecule has 73 heavy (non-hydrogen) atoms. The van der Waals surface area contributed by atoms with Gasteiger partial charge in [-0.2, -0.15) is 0 Å². The van der Waals surface area contributed by atoms with Crippen LogP contribution in [0.3, 0.4) is 0 Å². The predicted molar refractivity (Wildman–Crippen MR) is 273 cm³/mol. The maximum atomic E-state index is 15.9. The molecule has 1 unspecified atom stereocenters. The van der Waals surface area contributed by atoms with Crippen molar-refractivity contribution in [2.45, 2.75) is 108 Å². The van der Waals surface area contributed by atoms with Gasteiger partial charge in [0.15, 0.2) is 0 Å². The number of hydrogen-bond acceptors (Lipinski definition) is 10. The number of aromatic nitrogens is 3. The zero-order valence-corrected chi connectivity index (χ0v) is 41.8. The predicted octanol–water partition coefficient (Wildman–Crippen LogP) is 5.98. The first-order chi connectivity index (χ1) is 35.3. The highest BCUT2D eigenvalue weighted by Crippen LogP contribution is 2.54. The van der Waals surface area contributed by atoms with Crippen molar-refractivity contribution in [3.8, 4) is 5.69 Å². The maximum absolute atomic E-state index is 15.9. The van der Waals surface area contributed by atoms with Crippen LogP contribution < -0.4 is 21.1 Å². The summed E-state index contributed by atoms with van der Waals surface area (Å²) in [6, 6.07) is 14.4. The van der Waals surface area contributed by atoms with Gasteiger partial charge in [0.05, 0.1) is 11.1 Å². The van der Waals surface area contributed by atoms with E-state index in [2.05, 4.69) is 60.0 Å². The highest BCUT2D eigenvalue weighted by molar-refractivity contribution is 6.14. The summed E-state index contributed by atoms with van der Waals surface area (Å²) in [5.41, 5.74) is 6.83. The summed E-state index contributed by atoms with van der Waals surface area (Å²) in [4.78, 5) is 81.3. The molecule has 3 aromatic heterocycles. The number of halogens is 2. The van der Waals surface area contributed by atoms with E-state index in [9.17, 15) is 24.0 Å². The molecule has 1 spiro atoms. The van der Waals surface area contributed by atoms with E-state index < -0.39 is 29.0 Å². The number of hydrogen-bond donors (Lipinski definition) is 2. The maximum Gasteiger partial charge on any atom is 0.260 e. The van der Waals surface area contributed by atoms with Gasteiger partial charge in [-0.1, -0.05) is 18.6 Å². The van der Waals surface area contributed by atoms with Crippen molar-refractivity contribution in [2.75, 3.05) is 69.1 Å². The van der Waals surface area contributed by atoms with Gasteiger partial charge in [0.25, 0.3) is 11.5 Å². The Labute approximate surface area is 423 Å². The Hall–Kier alpha value is -6.30. The molecular weight excluding hydrogens is 931 g/mol. The number of piperidine rings is 3. The van der Waals surface area contributed by atoms with E-state index in [0.29, 0.717) is 70.4 Å². The Morgan fingerprint density at radius 1 is 0.836 bits per heavy atom. The summed E-state index contributed by atoms with van der Waals surface area (Å²) in [5, 5.41) is 6.60. The minimum absolute atomic E-state index is 0.00710. The van der Waals surface area contributed by atoms with Gasteiger partial charge in [0.1, 0.15) is 23.3 Å². The van der Waals surface area contributed by atoms with Gasteiger partial charge >= 0.3 is 0 Å². The number of fused-ring (bicyclic) bond motifs is 4. The molecule has 5 aromatic rings. The summed E-state index contributed by atoms with van der Waals surface area (Å²) in [6.07, 6.45) is 10.2. The molecule has 1 aliphatic carbocycles. The molecule has 12 rings (SSSR count). The van der Waals surface area contributed by atoms with Crippen molar-refractivity contribution in [3.63, 3.8) is 0 Å². The average molecular weight is 995 g/mol. The molecule has 5 fully saturated rings. The highest BCUT2D eigenvalue weighted by Gasteiger charge is 2.57. The van der Waals surface area contributed by atoms with E-state index in [0.717, 1.165) is 122 Å². The summed E-state index contributed by atoms with van der Waals surface area (Å²) in [5.74, 6) is -2.21. The second-order valence-electron chi connectivity index (χ2n) is 22.0. The lowest BCUT2D eigenvalue weighted by atomic mass is 9.65. The summed E-state index contributed by atoms with van der Waals surface area (Å²) >= 11 is 0. The molecule has 4 saturated heterocycles. The second kappa shape index (κ2) is 18.9. The summed E-state index contributed by atoms with van der Waals surface area (Å²) < 4.78 is 35.6. The molecule has 2 atom stereocenters. The number of rotatable bonds is 10. The Balaban J connectivity index is 0.619.